The Morgan fingerprint density at radius 2 is 2.00 bits per heavy atom. The summed E-state index contributed by atoms with van der Waals surface area (Å²) in [6.07, 6.45) is -0.838. The molecule has 1 rings (SSSR count). The van der Waals surface area contributed by atoms with Crippen LogP contribution in [-0.2, 0) is 9.53 Å². The Kier molecular flexibility index (Phi) is 5.78. The number of benzene rings is 1. The molecule has 6 heteroatoms. The number of amides is 1. The summed E-state index contributed by atoms with van der Waals surface area (Å²) in [4.78, 5) is 22.8. The van der Waals surface area contributed by atoms with Crippen molar-refractivity contribution in [2.75, 3.05) is 0 Å². The van der Waals surface area contributed by atoms with Crippen LogP contribution in [0.15, 0.2) is 22.7 Å². The number of alkyl carbamates (subject to hydrolysis) is 1. The second-order valence-corrected chi connectivity index (χ2v) is 6.66. The average molecular weight is 358 g/mol. The van der Waals surface area contributed by atoms with Crippen molar-refractivity contribution < 1.29 is 19.4 Å². The first kappa shape index (κ1) is 17.5. The zero-order valence-corrected chi connectivity index (χ0v) is 14.2. The number of rotatable bonds is 4. The number of carbonyl (C=O) groups excluding carboxylic acids is 1. The molecule has 0 spiro atoms. The number of hydrogen-bond acceptors (Lipinski definition) is 3. The third-order valence-corrected chi connectivity index (χ3v) is 3.54. The van der Waals surface area contributed by atoms with Gasteiger partial charge in [-0.3, -0.25) is 4.79 Å². The minimum Gasteiger partial charge on any atom is -0.481 e. The quantitative estimate of drug-likeness (QED) is 0.859. The van der Waals surface area contributed by atoms with E-state index in [-0.39, 0.29) is 6.42 Å². The van der Waals surface area contributed by atoms with E-state index in [1.165, 1.54) is 0 Å². The fourth-order valence-electron chi connectivity index (χ4n) is 1.76. The normalized spacial score (nSPS) is 12.6. The molecule has 0 bridgehead atoms. The molecule has 1 aromatic rings. The van der Waals surface area contributed by atoms with Gasteiger partial charge in [0.15, 0.2) is 0 Å². The number of aliphatic carboxylic acids is 1. The van der Waals surface area contributed by atoms with Gasteiger partial charge in [0.2, 0.25) is 0 Å². The molecular formula is C15H20BrNO4. The van der Waals surface area contributed by atoms with Gasteiger partial charge in [0.25, 0.3) is 0 Å². The van der Waals surface area contributed by atoms with E-state index >= 15 is 0 Å². The number of carboxylic acids is 1. The molecule has 0 saturated heterocycles. The minimum atomic E-state index is -0.989. The summed E-state index contributed by atoms with van der Waals surface area (Å²) in [5, 5.41) is 11.6. The SMILES string of the molecule is Cc1cc(C(CC(=O)O)NC(=O)OC(C)(C)C)ccc1Br. The van der Waals surface area contributed by atoms with E-state index in [2.05, 4.69) is 21.2 Å². The summed E-state index contributed by atoms with van der Waals surface area (Å²) >= 11 is 3.39. The molecule has 116 valence electrons. The Hall–Kier alpha value is -1.56. The van der Waals surface area contributed by atoms with E-state index in [0.29, 0.717) is 0 Å². The predicted molar refractivity (Wildman–Crippen MR) is 83.2 cm³/mol. The third kappa shape index (κ3) is 6.16. The maximum Gasteiger partial charge on any atom is 0.408 e. The molecule has 1 aromatic carbocycles. The predicted octanol–water partition coefficient (Wildman–Crippen LogP) is 3.80. The first-order chi connectivity index (χ1) is 9.58. The van der Waals surface area contributed by atoms with Crippen molar-refractivity contribution in [3.8, 4) is 0 Å². The van der Waals surface area contributed by atoms with Gasteiger partial charge in [0.05, 0.1) is 12.5 Å². The fourth-order valence-corrected chi connectivity index (χ4v) is 2.01. The smallest absolute Gasteiger partial charge is 0.408 e. The van der Waals surface area contributed by atoms with Crippen LogP contribution in [0.5, 0.6) is 0 Å². The van der Waals surface area contributed by atoms with Gasteiger partial charge in [-0.05, 0) is 44.9 Å². The standard InChI is InChI=1S/C15H20BrNO4/c1-9-7-10(5-6-11(9)16)12(8-13(18)19)17-14(20)21-15(2,3)4/h5-7,12H,8H2,1-4H3,(H,17,20)(H,18,19). The number of nitrogens with one attached hydrogen (secondary N) is 1. The lowest BCUT2D eigenvalue weighted by molar-refractivity contribution is -0.137. The van der Waals surface area contributed by atoms with Gasteiger partial charge < -0.3 is 15.2 Å². The monoisotopic (exact) mass is 357 g/mol. The van der Waals surface area contributed by atoms with Gasteiger partial charge >= 0.3 is 12.1 Å². The highest BCUT2D eigenvalue weighted by molar-refractivity contribution is 9.10. The van der Waals surface area contributed by atoms with Crippen molar-refractivity contribution in [2.45, 2.75) is 45.8 Å². The molecule has 21 heavy (non-hydrogen) atoms. The lowest BCUT2D eigenvalue weighted by Crippen LogP contribution is -2.35. The highest BCUT2D eigenvalue weighted by Crippen LogP contribution is 2.23. The van der Waals surface area contributed by atoms with Crippen LogP contribution >= 0.6 is 15.9 Å². The molecule has 0 aliphatic rings. The van der Waals surface area contributed by atoms with E-state index in [4.69, 9.17) is 9.84 Å². The van der Waals surface area contributed by atoms with Crippen LogP contribution < -0.4 is 5.32 Å². The zero-order valence-electron chi connectivity index (χ0n) is 12.6. The summed E-state index contributed by atoms with van der Waals surface area (Å²) in [6, 6.07) is 4.82. The lowest BCUT2D eigenvalue weighted by atomic mass is 10.0. The molecule has 0 aliphatic carbocycles. The highest BCUT2D eigenvalue weighted by atomic mass is 79.9. The van der Waals surface area contributed by atoms with Crippen LogP contribution in [0.3, 0.4) is 0 Å². The molecule has 0 saturated carbocycles. The fraction of sp³-hybridized carbons (Fsp3) is 0.467. The number of carbonyl (C=O) groups is 2. The molecule has 1 unspecified atom stereocenters. The largest absolute Gasteiger partial charge is 0.481 e. The minimum absolute atomic E-state index is 0.208. The van der Waals surface area contributed by atoms with Crippen molar-refractivity contribution >= 4 is 28.0 Å². The van der Waals surface area contributed by atoms with Gasteiger partial charge in [-0.25, -0.2) is 4.79 Å². The maximum atomic E-state index is 11.8. The van der Waals surface area contributed by atoms with Crippen molar-refractivity contribution in [1.29, 1.82) is 0 Å². The summed E-state index contributed by atoms with van der Waals surface area (Å²) in [5.41, 5.74) is 1.06. The van der Waals surface area contributed by atoms with Crippen LogP contribution in [0.4, 0.5) is 4.79 Å². The maximum absolute atomic E-state index is 11.8. The molecule has 0 fully saturated rings. The summed E-state index contributed by atoms with van der Waals surface area (Å²) < 4.78 is 6.10. The third-order valence-electron chi connectivity index (χ3n) is 2.65. The van der Waals surface area contributed by atoms with E-state index in [9.17, 15) is 9.59 Å². The molecule has 5 nitrogen and oxygen atoms in total. The number of carboxylic acid groups (broad SMARTS) is 1. The Morgan fingerprint density at radius 3 is 2.48 bits per heavy atom. The summed E-state index contributed by atoms with van der Waals surface area (Å²) in [7, 11) is 0. The number of aryl methyl sites for hydroxylation is 1. The Bertz CT molecular complexity index is 537. The first-order valence-corrected chi connectivity index (χ1v) is 7.35. The van der Waals surface area contributed by atoms with Crippen LogP contribution in [0.2, 0.25) is 0 Å². The van der Waals surface area contributed by atoms with Crippen LogP contribution in [0.1, 0.15) is 44.4 Å². The van der Waals surface area contributed by atoms with Gasteiger partial charge in [0.1, 0.15) is 5.60 Å². The van der Waals surface area contributed by atoms with Crippen molar-refractivity contribution in [3.05, 3.63) is 33.8 Å². The second-order valence-electron chi connectivity index (χ2n) is 5.81. The molecule has 2 N–H and O–H groups in total. The molecule has 0 heterocycles. The molecular weight excluding hydrogens is 338 g/mol. The highest BCUT2D eigenvalue weighted by Gasteiger charge is 2.22. The van der Waals surface area contributed by atoms with E-state index in [1.54, 1.807) is 26.8 Å². The number of ether oxygens (including phenoxy) is 1. The van der Waals surface area contributed by atoms with E-state index in [0.717, 1.165) is 15.6 Å². The molecule has 1 amide bonds. The van der Waals surface area contributed by atoms with Gasteiger partial charge in [-0.1, -0.05) is 28.1 Å². The van der Waals surface area contributed by atoms with Gasteiger partial charge in [0, 0.05) is 4.47 Å². The van der Waals surface area contributed by atoms with Gasteiger partial charge in [-0.2, -0.15) is 0 Å². The van der Waals surface area contributed by atoms with Crippen LogP contribution in [-0.4, -0.2) is 22.8 Å². The second kappa shape index (κ2) is 6.93. The number of halogens is 1. The van der Waals surface area contributed by atoms with Crippen molar-refractivity contribution in [3.63, 3.8) is 0 Å². The Balaban J connectivity index is 2.92. The molecule has 1 atom stereocenters. The van der Waals surface area contributed by atoms with E-state index in [1.807, 2.05) is 19.1 Å². The van der Waals surface area contributed by atoms with Gasteiger partial charge in [-0.15, -0.1) is 0 Å². The number of hydrogen-bond donors (Lipinski definition) is 2. The molecule has 0 aromatic heterocycles. The van der Waals surface area contributed by atoms with Crippen LogP contribution in [0.25, 0.3) is 0 Å². The van der Waals surface area contributed by atoms with E-state index < -0.39 is 23.7 Å². The van der Waals surface area contributed by atoms with Crippen molar-refractivity contribution in [2.24, 2.45) is 0 Å². The lowest BCUT2D eigenvalue weighted by Gasteiger charge is -2.23. The first-order valence-electron chi connectivity index (χ1n) is 6.56. The zero-order chi connectivity index (χ0) is 16.2. The van der Waals surface area contributed by atoms with Crippen molar-refractivity contribution in [1.82, 2.24) is 5.32 Å². The summed E-state index contributed by atoms with van der Waals surface area (Å²) in [5.74, 6) is -0.989. The Morgan fingerprint density at radius 1 is 1.38 bits per heavy atom. The summed E-state index contributed by atoms with van der Waals surface area (Å²) in [6.45, 7) is 7.16. The average Bonchev–Trinajstić information content (AvgIpc) is 2.28. The van der Waals surface area contributed by atoms with Crippen LogP contribution in [0, 0.1) is 6.92 Å². The molecule has 0 radical (unpaired) electrons. The topological polar surface area (TPSA) is 75.6 Å². The molecule has 0 aliphatic heterocycles. The Labute approximate surface area is 132 Å².